The maximum absolute atomic E-state index is 6.23. The zero-order chi connectivity index (χ0) is 13.3. The van der Waals surface area contributed by atoms with E-state index in [1.807, 2.05) is 0 Å². The zero-order valence-corrected chi connectivity index (χ0v) is 12.3. The molecule has 0 heterocycles. The Kier molecular flexibility index (Phi) is 4.08. The molecular formula is C15H25BO. The highest BCUT2D eigenvalue weighted by atomic mass is 16.5. The fraction of sp³-hybridized carbons (Fsp3) is 0.600. The van der Waals surface area contributed by atoms with E-state index >= 15 is 0 Å². The SMILES string of the molecule is CB(OC(C)(C)C(C)(C)C)c1ccc(C)cc1. The van der Waals surface area contributed by atoms with Crippen LogP contribution in [0.2, 0.25) is 6.82 Å². The largest absolute Gasteiger partial charge is 0.426 e. The summed E-state index contributed by atoms with van der Waals surface area (Å²) in [6.07, 6.45) is 0. The van der Waals surface area contributed by atoms with Gasteiger partial charge in [0.2, 0.25) is 0 Å². The summed E-state index contributed by atoms with van der Waals surface area (Å²) in [6, 6.07) is 8.58. The maximum atomic E-state index is 6.23. The van der Waals surface area contributed by atoms with Crippen LogP contribution in [0.15, 0.2) is 24.3 Å². The average molecular weight is 232 g/mol. The highest BCUT2D eigenvalue weighted by Gasteiger charge is 2.35. The van der Waals surface area contributed by atoms with Crippen molar-refractivity contribution in [1.29, 1.82) is 0 Å². The fourth-order valence-corrected chi connectivity index (χ4v) is 1.52. The van der Waals surface area contributed by atoms with Crippen molar-refractivity contribution >= 4 is 12.4 Å². The van der Waals surface area contributed by atoms with E-state index in [4.69, 9.17) is 4.65 Å². The lowest BCUT2D eigenvalue weighted by atomic mass is 9.62. The molecule has 0 atom stereocenters. The van der Waals surface area contributed by atoms with Crippen LogP contribution in [0.4, 0.5) is 0 Å². The minimum atomic E-state index is -0.142. The summed E-state index contributed by atoms with van der Waals surface area (Å²) in [5.41, 5.74) is 2.52. The van der Waals surface area contributed by atoms with Crippen LogP contribution in [0, 0.1) is 12.3 Å². The van der Waals surface area contributed by atoms with Gasteiger partial charge in [-0.15, -0.1) is 0 Å². The van der Waals surface area contributed by atoms with Gasteiger partial charge in [-0.1, -0.05) is 57.4 Å². The molecule has 94 valence electrons. The molecule has 0 aliphatic carbocycles. The summed E-state index contributed by atoms with van der Waals surface area (Å²) >= 11 is 0. The van der Waals surface area contributed by atoms with Crippen molar-refractivity contribution < 1.29 is 4.65 Å². The predicted octanol–water partition coefficient (Wildman–Crippen LogP) is 3.66. The van der Waals surface area contributed by atoms with Crippen LogP contribution < -0.4 is 5.46 Å². The van der Waals surface area contributed by atoms with Gasteiger partial charge in [-0.05, 0) is 31.6 Å². The molecule has 0 fully saturated rings. The van der Waals surface area contributed by atoms with Crippen LogP contribution in [0.25, 0.3) is 0 Å². The highest BCUT2D eigenvalue weighted by molar-refractivity contribution is 6.66. The van der Waals surface area contributed by atoms with Crippen LogP contribution >= 0.6 is 0 Å². The molecule has 0 aliphatic heterocycles. The van der Waals surface area contributed by atoms with Gasteiger partial charge in [0.1, 0.15) is 0 Å². The second-order valence-corrected chi connectivity index (χ2v) is 6.43. The molecule has 1 aromatic rings. The number of hydrogen-bond donors (Lipinski definition) is 0. The molecule has 0 aromatic heterocycles. The van der Waals surface area contributed by atoms with E-state index in [2.05, 4.69) is 72.6 Å². The topological polar surface area (TPSA) is 9.23 Å². The summed E-state index contributed by atoms with van der Waals surface area (Å²) in [6.45, 7) is 15.3. The second kappa shape index (κ2) is 4.85. The first kappa shape index (κ1) is 14.3. The molecule has 0 N–H and O–H groups in total. The van der Waals surface area contributed by atoms with Gasteiger partial charge in [-0.3, -0.25) is 0 Å². The molecule has 0 spiro atoms. The van der Waals surface area contributed by atoms with Crippen molar-refractivity contribution in [3.05, 3.63) is 29.8 Å². The van der Waals surface area contributed by atoms with Gasteiger partial charge in [-0.2, -0.15) is 0 Å². The molecular weight excluding hydrogens is 207 g/mol. The predicted molar refractivity (Wildman–Crippen MR) is 77.1 cm³/mol. The van der Waals surface area contributed by atoms with Gasteiger partial charge in [-0.25, -0.2) is 0 Å². The van der Waals surface area contributed by atoms with Gasteiger partial charge in [0.25, 0.3) is 0 Å². The maximum Gasteiger partial charge on any atom is 0.324 e. The van der Waals surface area contributed by atoms with Crippen molar-refractivity contribution in [3.63, 3.8) is 0 Å². The van der Waals surface area contributed by atoms with E-state index in [1.54, 1.807) is 0 Å². The molecule has 0 aliphatic rings. The molecule has 0 radical (unpaired) electrons. The Hall–Kier alpha value is -0.755. The third-order valence-corrected chi connectivity index (χ3v) is 3.82. The average Bonchev–Trinajstić information content (AvgIpc) is 2.16. The van der Waals surface area contributed by atoms with Crippen molar-refractivity contribution in [2.75, 3.05) is 0 Å². The fourth-order valence-electron chi connectivity index (χ4n) is 1.52. The Balaban J connectivity index is 2.79. The van der Waals surface area contributed by atoms with E-state index < -0.39 is 0 Å². The van der Waals surface area contributed by atoms with Gasteiger partial charge >= 0.3 is 6.92 Å². The molecule has 1 nitrogen and oxygen atoms in total. The molecule has 0 saturated heterocycles. The van der Waals surface area contributed by atoms with Crippen LogP contribution in [-0.4, -0.2) is 12.5 Å². The van der Waals surface area contributed by atoms with E-state index in [1.165, 1.54) is 11.0 Å². The summed E-state index contributed by atoms with van der Waals surface area (Å²) < 4.78 is 6.23. The quantitative estimate of drug-likeness (QED) is 0.722. The van der Waals surface area contributed by atoms with Crippen LogP contribution in [0.1, 0.15) is 40.2 Å². The smallest absolute Gasteiger partial charge is 0.324 e. The lowest BCUT2D eigenvalue weighted by Gasteiger charge is -2.40. The highest BCUT2D eigenvalue weighted by Crippen LogP contribution is 2.33. The number of aryl methyl sites for hydroxylation is 1. The first-order valence-electron chi connectivity index (χ1n) is 6.38. The number of hydrogen-bond acceptors (Lipinski definition) is 1. The van der Waals surface area contributed by atoms with Crippen molar-refractivity contribution in [2.45, 2.75) is 54.0 Å². The third-order valence-electron chi connectivity index (χ3n) is 3.82. The van der Waals surface area contributed by atoms with Crippen LogP contribution in [-0.2, 0) is 4.65 Å². The van der Waals surface area contributed by atoms with Gasteiger partial charge in [0.05, 0.1) is 5.60 Å². The molecule has 0 saturated carbocycles. The second-order valence-electron chi connectivity index (χ2n) is 6.43. The van der Waals surface area contributed by atoms with Gasteiger partial charge < -0.3 is 4.65 Å². The van der Waals surface area contributed by atoms with Crippen LogP contribution in [0.3, 0.4) is 0 Å². The molecule has 0 unspecified atom stereocenters. The summed E-state index contributed by atoms with van der Waals surface area (Å²) in [5.74, 6) is 0. The third kappa shape index (κ3) is 3.60. The van der Waals surface area contributed by atoms with Crippen molar-refractivity contribution in [2.24, 2.45) is 5.41 Å². The summed E-state index contributed by atoms with van der Waals surface area (Å²) in [5, 5.41) is 0. The first-order valence-corrected chi connectivity index (χ1v) is 6.38. The monoisotopic (exact) mass is 232 g/mol. The summed E-state index contributed by atoms with van der Waals surface area (Å²) in [4.78, 5) is 0. The Morgan fingerprint density at radius 1 is 0.941 bits per heavy atom. The molecule has 1 aromatic carbocycles. The molecule has 2 heteroatoms. The van der Waals surface area contributed by atoms with Crippen molar-refractivity contribution in [1.82, 2.24) is 0 Å². The number of rotatable bonds is 3. The Bertz CT molecular complexity index is 360. The van der Waals surface area contributed by atoms with E-state index in [9.17, 15) is 0 Å². The zero-order valence-electron chi connectivity index (χ0n) is 12.3. The lowest BCUT2D eigenvalue weighted by Crippen LogP contribution is -2.46. The van der Waals surface area contributed by atoms with Crippen molar-refractivity contribution in [3.8, 4) is 0 Å². The van der Waals surface area contributed by atoms with E-state index in [-0.39, 0.29) is 17.9 Å². The van der Waals surface area contributed by atoms with E-state index in [0.717, 1.165) is 0 Å². The first-order chi connectivity index (χ1) is 7.63. The molecule has 0 amide bonds. The Morgan fingerprint density at radius 3 is 1.82 bits per heavy atom. The van der Waals surface area contributed by atoms with Gasteiger partial charge in [0.15, 0.2) is 0 Å². The number of benzene rings is 1. The van der Waals surface area contributed by atoms with E-state index in [0.29, 0.717) is 0 Å². The standard InChI is InChI=1S/C15H25BO/c1-12-8-10-13(11-9-12)16(7)17-15(5,6)14(2,3)4/h8-11H,1-7H3. The van der Waals surface area contributed by atoms with Crippen LogP contribution in [0.5, 0.6) is 0 Å². The Morgan fingerprint density at radius 2 is 1.41 bits per heavy atom. The summed E-state index contributed by atoms with van der Waals surface area (Å²) in [7, 11) is 0. The molecule has 0 bridgehead atoms. The lowest BCUT2D eigenvalue weighted by molar-refractivity contribution is 0.000450. The van der Waals surface area contributed by atoms with Gasteiger partial charge in [0, 0.05) is 0 Å². The minimum absolute atomic E-state index is 0.129. The normalized spacial score (nSPS) is 12.6. The minimum Gasteiger partial charge on any atom is -0.426 e. The molecule has 1 rings (SSSR count). The Labute approximate surface area is 107 Å². The molecule has 17 heavy (non-hydrogen) atoms.